The van der Waals surface area contributed by atoms with Gasteiger partial charge < -0.3 is 15.2 Å². The first-order valence-electron chi connectivity index (χ1n) is 10.9. The maximum Gasteiger partial charge on any atom is 0.262 e. The molecule has 1 aliphatic carbocycles. The molecule has 3 aromatic rings. The van der Waals surface area contributed by atoms with Crippen LogP contribution in [0.5, 0.6) is 5.75 Å². The summed E-state index contributed by atoms with van der Waals surface area (Å²) in [4.78, 5) is 39.7. The van der Waals surface area contributed by atoms with Gasteiger partial charge in [0.1, 0.15) is 5.75 Å². The topological polar surface area (TPSA) is 120 Å². The molecule has 0 bridgehead atoms. The van der Waals surface area contributed by atoms with Gasteiger partial charge in [-0.25, -0.2) is 4.98 Å². The Balaban J connectivity index is 1.42. The van der Waals surface area contributed by atoms with Gasteiger partial charge in [-0.1, -0.05) is 18.2 Å². The van der Waals surface area contributed by atoms with Gasteiger partial charge >= 0.3 is 0 Å². The number of pyridine rings is 1. The maximum atomic E-state index is 13.0. The first kappa shape index (κ1) is 20.6. The molecule has 1 aliphatic heterocycles. The fraction of sp³-hybridized carbons (Fsp3) is 0.391. The highest BCUT2D eigenvalue weighted by atomic mass is 16.5. The molecule has 0 radical (unpaired) electrons. The fourth-order valence-corrected chi connectivity index (χ4v) is 4.56. The number of aromatic amines is 1. The summed E-state index contributed by atoms with van der Waals surface area (Å²) in [5, 5.41) is 13.8. The van der Waals surface area contributed by atoms with Crippen LogP contribution in [-0.4, -0.2) is 70.1 Å². The molecule has 0 unspecified atom stereocenters. The fourth-order valence-electron chi connectivity index (χ4n) is 4.56. The highest BCUT2D eigenvalue weighted by molar-refractivity contribution is 6.02. The predicted octanol–water partition coefficient (Wildman–Crippen LogP) is 1.68. The Morgan fingerprint density at radius 3 is 2.81 bits per heavy atom. The van der Waals surface area contributed by atoms with E-state index in [4.69, 9.17) is 4.74 Å². The number of hydrogen-bond acceptors (Lipinski definition) is 8. The number of Topliss-reactive ketones (excluding diaryl/α,β-unsaturated/α-hetero) is 1. The zero-order chi connectivity index (χ0) is 22.1. The number of H-pyrrole nitrogens is 1. The van der Waals surface area contributed by atoms with Gasteiger partial charge in [0, 0.05) is 44.4 Å². The molecule has 9 heteroatoms. The molecule has 1 atom stereocenters. The summed E-state index contributed by atoms with van der Waals surface area (Å²) in [7, 11) is 0. The molecule has 166 valence electrons. The number of nitrogens with zero attached hydrogens (tertiary/aromatic N) is 3. The van der Waals surface area contributed by atoms with Crippen LogP contribution in [0.2, 0.25) is 0 Å². The van der Waals surface area contributed by atoms with Crippen LogP contribution in [0.1, 0.15) is 33.8 Å². The average Bonchev–Trinajstić information content (AvgIpc) is 2.79. The Morgan fingerprint density at radius 1 is 1.19 bits per heavy atom. The summed E-state index contributed by atoms with van der Waals surface area (Å²) in [6, 6.07) is 7.02. The number of ether oxygens (including phenoxy) is 1. The second-order valence-corrected chi connectivity index (χ2v) is 8.23. The van der Waals surface area contributed by atoms with Gasteiger partial charge in [0.15, 0.2) is 11.4 Å². The van der Waals surface area contributed by atoms with E-state index in [9.17, 15) is 14.7 Å². The molecule has 9 nitrogen and oxygen atoms in total. The number of ketones is 1. The number of rotatable bonds is 5. The van der Waals surface area contributed by atoms with Gasteiger partial charge in [0.2, 0.25) is 5.95 Å². The maximum absolute atomic E-state index is 13.0. The SMILES string of the molecule is O=C1C[C@H](c2ccccc2O)Cc2c1cnc1nc(NCCN3CCOCC3)[nH]c(=O)c21. The summed E-state index contributed by atoms with van der Waals surface area (Å²) < 4.78 is 5.36. The Morgan fingerprint density at radius 2 is 2.00 bits per heavy atom. The number of para-hydroxylation sites is 1. The van der Waals surface area contributed by atoms with E-state index in [0.29, 0.717) is 46.6 Å². The number of benzene rings is 1. The third-order valence-electron chi connectivity index (χ3n) is 6.23. The van der Waals surface area contributed by atoms with Crippen molar-refractivity contribution in [3.8, 4) is 5.75 Å². The number of carbonyl (C=O) groups is 1. The second kappa shape index (κ2) is 8.68. The summed E-state index contributed by atoms with van der Waals surface area (Å²) in [6.45, 7) is 4.71. The van der Waals surface area contributed by atoms with Crippen LogP contribution in [-0.2, 0) is 11.2 Å². The zero-order valence-electron chi connectivity index (χ0n) is 17.6. The van der Waals surface area contributed by atoms with Crippen molar-refractivity contribution < 1.29 is 14.6 Å². The highest BCUT2D eigenvalue weighted by Gasteiger charge is 2.30. The Kier molecular flexibility index (Phi) is 5.59. The monoisotopic (exact) mass is 435 g/mol. The van der Waals surface area contributed by atoms with E-state index in [-0.39, 0.29) is 29.4 Å². The number of nitrogens with one attached hydrogen (secondary N) is 2. The molecule has 1 saturated heterocycles. The van der Waals surface area contributed by atoms with Crippen molar-refractivity contribution in [2.75, 3.05) is 44.7 Å². The first-order valence-corrected chi connectivity index (χ1v) is 10.9. The first-order chi connectivity index (χ1) is 15.6. The smallest absolute Gasteiger partial charge is 0.262 e. The molecule has 3 heterocycles. The molecule has 2 aliphatic rings. The molecular weight excluding hydrogens is 410 g/mol. The molecule has 1 aromatic carbocycles. The van der Waals surface area contributed by atoms with E-state index >= 15 is 0 Å². The number of carbonyl (C=O) groups excluding carboxylic acids is 1. The Bertz CT molecular complexity index is 1220. The molecular formula is C23H25N5O4. The van der Waals surface area contributed by atoms with Crippen LogP contribution in [0.15, 0.2) is 35.3 Å². The van der Waals surface area contributed by atoms with Crippen LogP contribution in [0, 0.1) is 0 Å². The average molecular weight is 435 g/mol. The number of aromatic nitrogens is 3. The van der Waals surface area contributed by atoms with E-state index in [1.807, 2.05) is 12.1 Å². The molecule has 5 rings (SSSR count). The lowest BCUT2D eigenvalue weighted by Crippen LogP contribution is -2.39. The molecule has 3 N–H and O–H groups in total. The van der Waals surface area contributed by atoms with E-state index in [0.717, 1.165) is 32.8 Å². The molecule has 0 spiro atoms. The lowest BCUT2D eigenvalue weighted by atomic mass is 9.79. The molecule has 2 aromatic heterocycles. The van der Waals surface area contributed by atoms with Crippen molar-refractivity contribution >= 4 is 22.8 Å². The van der Waals surface area contributed by atoms with Crippen LogP contribution < -0.4 is 10.9 Å². The minimum atomic E-state index is -0.320. The predicted molar refractivity (Wildman–Crippen MR) is 119 cm³/mol. The van der Waals surface area contributed by atoms with Crippen molar-refractivity contribution in [1.29, 1.82) is 0 Å². The van der Waals surface area contributed by atoms with Crippen LogP contribution >= 0.6 is 0 Å². The lowest BCUT2D eigenvalue weighted by Gasteiger charge is -2.26. The van der Waals surface area contributed by atoms with Crippen molar-refractivity contribution in [3.05, 3.63) is 57.5 Å². The third-order valence-corrected chi connectivity index (χ3v) is 6.23. The van der Waals surface area contributed by atoms with Crippen LogP contribution in [0.25, 0.3) is 11.0 Å². The molecule has 32 heavy (non-hydrogen) atoms. The number of phenolic OH excluding ortho intramolecular Hbond substituents is 1. The minimum absolute atomic E-state index is 0.0824. The zero-order valence-corrected chi connectivity index (χ0v) is 17.6. The minimum Gasteiger partial charge on any atom is -0.508 e. The van der Waals surface area contributed by atoms with Gasteiger partial charge in [-0.15, -0.1) is 0 Å². The Hall–Kier alpha value is -3.30. The lowest BCUT2D eigenvalue weighted by molar-refractivity contribution is 0.0398. The van der Waals surface area contributed by atoms with Gasteiger partial charge in [-0.2, -0.15) is 4.98 Å². The number of hydrogen-bond donors (Lipinski definition) is 3. The van der Waals surface area contributed by atoms with Gasteiger partial charge in [-0.3, -0.25) is 19.5 Å². The standard InChI is InChI=1S/C23H25N5O4/c29-18-4-2-1-3-15(18)14-11-16-17(19(30)12-14)13-25-21-20(16)22(31)27-23(26-21)24-5-6-28-7-9-32-10-8-28/h1-4,13-14,29H,5-12H2,(H2,24,25,26,27,31)/t14-/m1/s1. The largest absolute Gasteiger partial charge is 0.508 e. The molecule has 0 amide bonds. The molecule has 1 fully saturated rings. The summed E-state index contributed by atoms with van der Waals surface area (Å²) in [5.74, 6) is 0.238. The number of fused-ring (bicyclic) bond motifs is 3. The Labute approximate surface area is 184 Å². The van der Waals surface area contributed by atoms with Gasteiger partial charge in [0.25, 0.3) is 5.56 Å². The van der Waals surface area contributed by atoms with Gasteiger partial charge in [-0.05, 0) is 29.5 Å². The van der Waals surface area contributed by atoms with Crippen LogP contribution in [0.3, 0.4) is 0 Å². The van der Waals surface area contributed by atoms with E-state index in [2.05, 4.69) is 25.2 Å². The normalized spacial score (nSPS) is 19.1. The van der Waals surface area contributed by atoms with Crippen molar-refractivity contribution in [1.82, 2.24) is 19.9 Å². The third kappa shape index (κ3) is 3.96. The van der Waals surface area contributed by atoms with Gasteiger partial charge in [0.05, 0.1) is 18.6 Å². The quantitative estimate of drug-likeness (QED) is 0.554. The number of anilines is 1. The number of aromatic hydroxyl groups is 1. The highest BCUT2D eigenvalue weighted by Crippen LogP contribution is 2.37. The van der Waals surface area contributed by atoms with Crippen LogP contribution in [0.4, 0.5) is 5.95 Å². The summed E-state index contributed by atoms with van der Waals surface area (Å²) in [6.07, 6.45) is 2.25. The van der Waals surface area contributed by atoms with E-state index < -0.39 is 0 Å². The van der Waals surface area contributed by atoms with E-state index in [1.54, 1.807) is 12.1 Å². The summed E-state index contributed by atoms with van der Waals surface area (Å²) in [5.41, 5.74) is 1.81. The second-order valence-electron chi connectivity index (χ2n) is 8.23. The number of phenols is 1. The number of morpholine rings is 1. The van der Waals surface area contributed by atoms with Crippen molar-refractivity contribution in [2.45, 2.75) is 18.8 Å². The molecule has 0 saturated carbocycles. The van der Waals surface area contributed by atoms with Crippen molar-refractivity contribution in [3.63, 3.8) is 0 Å². The summed E-state index contributed by atoms with van der Waals surface area (Å²) >= 11 is 0. The van der Waals surface area contributed by atoms with Crippen molar-refractivity contribution in [2.24, 2.45) is 0 Å². The van der Waals surface area contributed by atoms with E-state index in [1.165, 1.54) is 6.20 Å².